The van der Waals surface area contributed by atoms with E-state index in [9.17, 15) is 14.7 Å². The lowest BCUT2D eigenvalue weighted by Gasteiger charge is -2.04. The summed E-state index contributed by atoms with van der Waals surface area (Å²) in [6.07, 6.45) is 0. The van der Waals surface area contributed by atoms with Gasteiger partial charge in [-0.2, -0.15) is 0 Å². The van der Waals surface area contributed by atoms with Gasteiger partial charge in [0.05, 0.1) is 4.47 Å². The summed E-state index contributed by atoms with van der Waals surface area (Å²) in [5.74, 6) is -0.756. The Kier molecular flexibility index (Phi) is 2.56. The van der Waals surface area contributed by atoms with Crippen LogP contribution in [0, 0.1) is 6.92 Å². The molecule has 1 aromatic rings. The molecule has 0 aliphatic heterocycles. The highest BCUT2D eigenvalue weighted by molar-refractivity contribution is 9.10. The molecule has 0 saturated carbocycles. The molecule has 0 amide bonds. The third-order valence-electron chi connectivity index (χ3n) is 1.65. The fourth-order valence-corrected chi connectivity index (χ4v) is 1.31. The minimum atomic E-state index is -0.564. The zero-order valence-electron chi connectivity index (χ0n) is 7.14. The van der Waals surface area contributed by atoms with Gasteiger partial charge in [0.2, 0.25) is 0 Å². The van der Waals surface area contributed by atoms with Crippen molar-refractivity contribution in [3.63, 3.8) is 0 Å². The summed E-state index contributed by atoms with van der Waals surface area (Å²) in [5, 5.41) is 9.44. The standard InChI is InChI=1S/C8H8BrNO3/c1-3-6(9)7(12)5(4(2)11)8(13)10-3/h1-2H3,(H2,10,12,13). The van der Waals surface area contributed by atoms with E-state index in [1.807, 2.05) is 0 Å². The summed E-state index contributed by atoms with van der Waals surface area (Å²) in [6.45, 7) is 2.85. The Bertz CT molecular complexity index is 422. The summed E-state index contributed by atoms with van der Waals surface area (Å²) in [5.41, 5.74) is -0.282. The van der Waals surface area contributed by atoms with Crippen molar-refractivity contribution in [1.82, 2.24) is 4.98 Å². The third kappa shape index (κ3) is 1.65. The van der Waals surface area contributed by atoms with Crippen LogP contribution >= 0.6 is 15.9 Å². The van der Waals surface area contributed by atoms with Gasteiger partial charge in [-0.15, -0.1) is 0 Å². The molecule has 0 radical (unpaired) electrons. The number of aromatic nitrogens is 1. The topological polar surface area (TPSA) is 70.2 Å². The maximum Gasteiger partial charge on any atom is 0.262 e. The number of Topliss-reactive ketones (excluding diaryl/α,β-unsaturated/α-hetero) is 1. The Morgan fingerprint density at radius 3 is 2.54 bits per heavy atom. The van der Waals surface area contributed by atoms with Gasteiger partial charge in [-0.25, -0.2) is 0 Å². The first-order valence-electron chi connectivity index (χ1n) is 3.57. The summed E-state index contributed by atoms with van der Waals surface area (Å²) >= 11 is 3.06. The Labute approximate surface area is 82.7 Å². The molecule has 5 heteroatoms. The van der Waals surface area contributed by atoms with Crippen LogP contribution in [0.1, 0.15) is 23.0 Å². The van der Waals surface area contributed by atoms with E-state index in [0.29, 0.717) is 10.2 Å². The summed E-state index contributed by atoms with van der Waals surface area (Å²) in [6, 6.07) is 0. The van der Waals surface area contributed by atoms with Crippen molar-refractivity contribution >= 4 is 21.7 Å². The molecule has 0 fully saturated rings. The maximum atomic E-state index is 11.2. The number of hydrogen-bond acceptors (Lipinski definition) is 3. The maximum absolute atomic E-state index is 11.2. The molecule has 0 aliphatic rings. The van der Waals surface area contributed by atoms with Crippen molar-refractivity contribution < 1.29 is 9.90 Å². The quantitative estimate of drug-likeness (QED) is 0.735. The monoisotopic (exact) mass is 245 g/mol. The van der Waals surface area contributed by atoms with Gasteiger partial charge in [-0.1, -0.05) is 0 Å². The number of aryl methyl sites for hydroxylation is 1. The normalized spacial score (nSPS) is 10.1. The molecule has 0 unspecified atom stereocenters. The number of halogens is 1. The molecule has 0 spiro atoms. The Morgan fingerprint density at radius 2 is 2.08 bits per heavy atom. The molecule has 0 saturated heterocycles. The summed E-state index contributed by atoms with van der Waals surface area (Å²) in [4.78, 5) is 24.6. The second-order valence-corrected chi connectivity index (χ2v) is 3.47. The van der Waals surface area contributed by atoms with Crippen LogP contribution in [0.15, 0.2) is 9.27 Å². The summed E-state index contributed by atoms with van der Waals surface area (Å²) < 4.78 is 0.345. The molecular formula is C8H8BrNO3. The van der Waals surface area contributed by atoms with E-state index >= 15 is 0 Å². The molecule has 2 N–H and O–H groups in total. The van der Waals surface area contributed by atoms with Gasteiger partial charge in [0, 0.05) is 5.69 Å². The van der Waals surface area contributed by atoms with Gasteiger partial charge in [0.25, 0.3) is 5.56 Å². The minimum absolute atomic E-state index is 0.211. The van der Waals surface area contributed by atoms with Crippen LogP contribution < -0.4 is 5.56 Å². The fourth-order valence-electron chi connectivity index (χ4n) is 1.01. The number of aromatic amines is 1. The van der Waals surface area contributed by atoms with Gasteiger partial charge in [0.1, 0.15) is 11.3 Å². The molecule has 13 heavy (non-hydrogen) atoms. The van der Waals surface area contributed by atoms with E-state index in [4.69, 9.17) is 0 Å². The second-order valence-electron chi connectivity index (χ2n) is 2.67. The molecule has 0 aromatic carbocycles. The first-order chi connectivity index (χ1) is 5.95. The van der Waals surface area contributed by atoms with E-state index in [1.165, 1.54) is 6.92 Å². The summed E-state index contributed by atoms with van der Waals surface area (Å²) in [7, 11) is 0. The molecule has 1 aromatic heterocycles. The highest BCUT2D eigenvalue weighted by atomic mass is 79.9. The van der Waals surface area contributed by atoms with Crippen LogP contribution in [-0.2, 0) is 0 Å². The number of ketones is 1. The van der Waals surface area contributed by atoms with Crippen molar-refractivity contribution in [2.75, 3.05) is 0 Å². The lowest BCUT2D eigenvalue weighted by molar-refractivity contribution is 0.101. The zero-order chi connectivity index (χ0) is 10.2. The minimum Gasteiger partial charge on any atom is -0.506 e. The number of carbonyl (C=O) groups is 1. The first kappa shape index (κ1) is 9.98. The first-order valence-corrected chi connectivity index (χ1v) is 4.36. The van der Waals surface area contributed by atoms with Gasteiger partial charge in [0.15, 0.2) is 5.78 Å². The van der Waals surface area contributed by atoms with Crippen LogP contribution in [0.4, 0.5) is 0 Å². The number of hydrogen-bond donors (Lipinski definition) is 2. The van der Waals surface area contributed by atoms with Crippen LogP contribution in [-0.4, -0.2) is 15.9 Å². The van der Waals surface area contributed by atoms with Crippen molar-refractivity contribution in [3.8, 4) is 5.75 Å². The van der Waals surface area contributed by atoms with E-state index in [-0.39, 0.29) is 11.3 Å². The Hall–Kier alpha value is -1.10. The lowest BCUT2D eigenvalue weighted by atomic mass is 10.1. The van der Waals surface area contributed by atoms with Crippen LogP contribution in [0.2, 0.25) is 0 Å². The predicted molar refractivity (Wildman–Crippen MR) is 51.2 cm³/mol. The van der Waals surface area contributed by atoms with Gasteiger partial charge in [-0.3, -0.25) is 9.59 Å². The largest absolute Gasteiger partial charge is 0.506 e. The van der Waals surface area contributed by atoms with Crippen molar-refractivity contribution in [2.45, 2.75) is 13.8 Å². The lowest BCUT2D eigenvalue weighted by Crippen LogP contribution is -2.17. The Balaban J connectivity index is 3.63. The van der Waals surface area contributed by atoms with Gasteiger partial charge >= 0.3 is 0 Å². The molecule has 1 heterocycles. The van der Waals surface area contributed by atoms with Crippen molar-refractivity contribution in [1.29, 1.82) is 0 Å². The van der Waals surface area contributed by atoms with Crippen LogP contribution in [0.25, 0.3) is 0 Å². The predicted octanol–water partition coefficient (Wildman–Crippen LogP) is 1.35. The number of aromatic hydroxyl groups is 1. The second kappa shape index (κ2) is 3.33. The van der Waals surface area contributed by atoms with E-state index < -0.39 is 11.3 Å². The number of rotatable bonds is 1. The molecular weight excluding hydrogens is 238 g/mol. The van der Waals surface area contributed by atoms with Gasteiger partial charge < -0.3 is 10.1 Å². The molecule has 4 nitrogen and oxygen atoms in total. The highest BCUT2D eigenvalue weighted by Crippen LogP contribution is 2.27. The molecule has 0 bridgehead atoms. The molecule has 0 aliphatic carbocycles. The smallest absolute Gasteiger partial charge is 0.262 e. The Morgan fingerprint density at radius 1 is 1.54 bits per heavy atom. The molecule has 1 rings (SSSR count). The van der Waals surface area contributed by atoms with Crippen molar-refractivity contribution in [2.24, 2.45) is 0 Å². The van der Waals surface area contributed by atoms with Crippen LogP contribution in [0.5, 0.6) is 5.75 Å². The van der Waals surface area contributed by atoms with E-state index in [0.717, 1.165) is 0 Å². The van der Waals surface area contributed by atoms with E-state index in [1.54, 1.807) is 6.92 Å². The molecule has 70 valence electrons. The fraction of sp³-hybridized carbons (Fsp3) is 0.250. The highest BCUT2D eigenvalue weighted by Gasteiger charge is 2.16. The van der Waals surface area contributed by atoms with E-state index in [2.05, 4.69) is 20.9 Å². The molecule has 0 atom stereocenters. The third-order valence-corrected chi connectivity index (χ3v) is 2.62. The van der Waals surface area contributed by atoms with Crippen LogP contribution in [0.3, 0.4) is 0 Å². The zero-order valence-corrected chi connectivity index (χ0v) is 8.73. The van der Waals surface area contributed by atoms with Crippen molar-refractivity contribution in [3.05, 3.63) is 26.1 Å². The number of nitrogens with one attached hydrogen (secondary N) is 1. The average molecular weight is 246 g/mol. The number of carbonyl (C=O) groups excluding carboxylic acids is 1. The van der Waals surface area contributed by atoms with Gasteiger partial charge in [-0.05, 0) is 29.8 Å². The number of H-pyrrole nitrogens is 1. The number of pyridine rings is 1. The average Bonchev–Trinajstić information content (AvgIpc) is 1.99. The SMILES string of the molecule is CC(=O)c1c(O)c(Br)c(C)[nH]c1=O.